The topological polar surface area (TPSA) is 65.6 Å². The number of para-hydroxylation sites is 1. The number of carbonyl (C=O) groups excluding carboxylic acids is 2. The number of benzene rings is 1. The Hall–Kier alpha value is -2.57. The lowest BCUT2D eigenvalue weighted by atomic mass is 10.2. The van der Waals surface area contributed by atoms with Gasteiger partial charge in [-0.3, -0.25) is 4.79 Å². The first-order valence-electron chi connectivity index (χ1n) is 7.58. The molecule has 1 aliphatic rings. The van der Waals surface area contributed by atoms with Gasteiger partial charge in [0.15, 0.2) is 0 Å². The van der Waals surface area contributed by atoms with Crippen LogP contribution in [0.4, 0.5) is 9.18 Å². The summed E-state index contributed by atoms with van der Waals surface area (Å²) in [6, 6.07) is 6.37. The number of piperazine rings is 1. The number of H-pyrrole nitrogens is 1. The third-order valence-electron chi connectivity index (χ3n) is 3.93. The minimum Gasteiger partial charge on any atom is -0.450 e. The molecule has 2 aromatic rings. The molecule has 122 valence electrons. The fourth-order valence-electron chi connectivity index (χ4n) is 2.71. The molecule has 3 rings (SSSR count). The number of fused-ring (bicyclic) bond motifs is 1. The number of nitrogens with zero attached hydrogens (tertiary/aromatic N) is 2. The first-order valence-corrected chi connectivity index (χ1v) is 7.58. The van der Waals surface area contributed by atoms with E-state index < -0.39 is 0 Å². The molecule has 1 aromatic carbocycles. The van der Waals surface area contributed by atoms with Crippen LogP contribution >= 0.6 is 0 Å². The van der Waals surface area contributed by atoms with E-state index in [1.807, 2.05) is 0 Å². The van der Waals surface area contributed by atoms with E-state index in [1.54, 1.807) is 34.9 Å². The molecule has 7 heteroatoms. The molecule has 1 fully saturated rings. The number of hydrogen-bond donors (Lipinski definition) is 1. The first-order chi connectivity index (χ1) is 11.1. The van der Waals surface area contributed by atoms with Crippen molar-refractivity contribution >= 4 is 22.9 Å². The highest BCUT2D eigenvalue weighted by Gasteiger charge is 2.26. The molecule has 1 N–H and O–H groups in total. The second kappa shape index (κ2) is 6.28. The monoisotopic (exact) mass is 319 g/mol. The van der Waals surface area contributed by atoms with Crippen LogP contribution < -0.4 is 0 Å². The number of aromatic amines is 1. The Morgan fingerprint density at radius 3 is 2.57 bits per heavy atom. The molecule has 1 saturated heterocycles. The summed E-state index contributed by atoms with van der Waals surface area (Å²) < 4.78 is 18.7. The summed E-state index contributed by atoms with van der Waals surface area (Å²) in [6.07, 6.45) is -0.354. The quantitative estimate of drug-likeness (QED) is 0.923. The van der Waals surface area contributed by atoms with Crippen molar-refractivity contribution in [2.75, 3.05) is 32.8 Å². The standard InChI is InChI=1S/C16H18FN3O3/c1-2-23-16(22)20-8-6-19(7-9-20)15(21)13-10-11-4-3-5-12(17)14(11)18-13/h3-5,10,18H,2,6-9H2,1H3. The number of hydrogen-bond acceptors (Lipinski definition) is 3. The van der Waals surface area contributed by atoms with E-state index in [9.17, 15) is 14.0 Å². The highest BCUT2D eigenvalue weighted by atomic mass is 19.1. The molecule has 0 spiro atoms. The van der Waals surface area contributed by atoms with Crippen LogP contribution in [0.1, 0.15) is 17.4 Å². The van der Waals surface area contributed by atoms with Gasteiger partial charge in [-0.1, -0.05) is 12.1 Å². The van der Waals surface area contributed by atoms with E-state index in [0.29, 0.717) is 49.4 Å². The predicted octanol–water partition coefficient (Wildman–Crippen LogP) is 2.22. The van der Waals surface area contributed by atoms with Gasteiger partial charge >= 0.3 is 6.09 Å². The maximum absolute atomic E-state index is 13.7. The SMILES string of the molecule is CCOC(=O)N1CCN(C(=O)c2cc3cccc(F)c3[nH]2)CC1. The molecular formula is C16H18FN3O3. The normalized spacial score (nSPS) is 15.0. The van der Waals surface area contributed by atoms with Crippen LogP contribution in [0.25, 0.3) is 10.9 Å². The summed E-state index contributed by atoms with van der Waals surface area (Å²) >= 11 is 0. The van der Waals surface area contributed by atoms with E-state index in [4.69, 9.17) is 4.74 Å². The van der Waals surface area contributed by atoms with Crippen molar-refractivity contribution in [1.82, 2.24) is 14.8 Å². The van der Waals surface area contributed by atoms with Gasteiger partial charge in [-0.05, 0) is 19.1 Å². The first kappa shape index (κ1) is 15.3. The van der Waals surface area contributed by atoms with Gasteiger partial charge in [-0.25, -0.2) is 9.18 Å². The summed E-state index contributed by atoms with van der Waals surface area (Å²) in [4.78, 5) is 30.2. The Labute approximate surface area is 132 Å². The number of halogens is 1. The molecule has 0 aliphatic carbocycles. The Morgan fingerprint density at radius 1 is 1.22 bits per heavy atom. The Bertz CT molecular complexity index is 735. The second-order valence-electron chi connectivity index (χ2n) is 5.37. The van der Waals surface area contributed by atoms with Gasteiger partial charge in [0.2, 0.25) is 0 Å². The summed E-state index contributed by atoms with van der Waals surface area (Å²) in [6.45, 7) is 3.80. The average Bonchev–Trinajstić information content (AvgIpc) is 3.00. The number of rotatable bonds is 2. The number of ether oxygens (including phenoxy) is 1. The molecule has 0 bridgehead atoms. The van der Waals surface area contributed by atoms with Crippen LogP contribution in [0.15, 0.2) is 24.3 Å². The second-order valence-corrected chi connectivity index (χ2v) is 5.37. The van der Waals surface area contributed by atoms with Crippen molar-refractivity contribution in [1.29, 1.82) is 0 Å². The maximum atomic E-state index is 13.7. The minimum atomic E-state index is -0.381. The molecule has 0 radical (unpaired) electrons. The number of amides is 2. The average molecular weight is 319 g/mol. The van der Waals surface area contributed by atoms with Crippen molar-refractivity contribution in [3.05, 3.63) is 35.8 Å². The van der Waals surface area contributed by atoms with Gasteiger partial charge in [0.25, 0.3) is 5.91 Å². The third-order valence-corrected chi connectivity index (χ3v) is 3.93. The molecular weight excluding hydrogens is 301 g/mol. The van der Waals surface area contributed by atoms with Gasteiger partial charge in [0.05, 0.1) is 12.1 Å². The van der Waals surface area contributed by atoms with E-state index in [0.717, 1.165) is 0 Å². The van der Waals surface area contributed by atoms with Gasteiger partial charge in [0, 0.05) is 31.6 Å². The Kier molecular flexibility index (Phi) is 4.18. The molecule has 23 heavy (non-hydrogen) atoms. The summed E-state index contributed by atoms with van der Waals surface area (Å²) in [5.74, 6) is -0.571. The van der Waals surface area contributed by atoms with E-state index in [1.165, 1.54) is 6.07 Å². The molecule has 0 atom stereocenters. The largest absolute Gasteiger partial charge is 0.450 e. The van der Waals surface area contributed by atoms with Gasteiger partial charge in [-0.15, -0.1) is 0 Å². The Morgan fingerprint density at radius 2 is 1.91 bits per heavy atom. The van der Waals surface area contributed by atoms with E-state index >= 15 is 0 Å². The van der Waals surface area contributed by atoms with Crippen molar-refractivity contribution in [2.24, 2.45) is 0 Å². The molecule has 0 saturated carbocycles. The van der Waals surface area contributed by atoms with Crippen molar-refractivity contribution < 1.29 is 18.7 Å². The molecule has 0 unspecified atom stereocenters. The zero-order valence-corrected chi connectivity index (χ0v) is 12.8. The van der Waals surface area contributed by atoms with Gasteiger partial charge < -0.3 is 19.5 Å². The smallest absolute Gasteiger partial charge is 0.409 e. The van der Waals surface area contributed by atoms with Crippen molar-refractivity contribution in [3.63, 3.8) is 0 Å². The summed E-state index contributed by atoms with van der Waals surface area (Å²) in [5, 5.41) is 0.665. The molecule has 1 aliphatic heterocycles. The number of nitrogens with one attached hydrogen (secondary N) is 1. The van der Waals surface area contributed by atoms with Crippen LogP contribution in [0.3, 0.4) is 0 Å². The highest BCUT2D eigenvalue weighted by Crippen LogP contribution is 2.19. The lowest BCUT2D eigenvalue weighted by molar-refractivity contribution is 0.0566. The number of aromatic nitrogens is 1. The van der Waals surface area contributed by atoms with Gasteiger partial charge in [-0.2, -0.15) is 0 Å². The van der Waals surface area contributed by atoms with Crippen LogP contribution in [-0.4, -0.2) is 59.6 Å². The highest BCUT2D eigenvalue weighted by molar-refractivity contribution is 5.98. The molecule has 2 heterocycles. The van der Waals surface area contributed by atoms with Crippen LogP contribution in [0, 0.1) is 5.82 Å². The van der Waals surface area contributed by atoms with Crippen LogP contribution in [-0.2, 0) is 4.74 Å². The van der Waals surface area contributed by atoms with E-state index in [2.05, 4.69) is 4.98 Å². The molecule has 1 aromatic heterocycles. The summed E-state index contributed by atoms with van der Waals surface area (Å²) in [7, 11) is 0. The molecule has 2 amide bonds. The van der Waals surface area contributed by atoms with Gasteiger partial charge in [0.1, 0.15) is 11.5 Å². The number of carbonyl (C=O) groups is 2. The summed E-state index contributed by atoms with van der Waals surface area (Å²) in [5.41, 5.74) is 0.690. The maximum Gasteiger partial charge on any atom is 0.409 e. The third kappa shape index (κ3) is 2.99. The zero-order valence-electron chi connectivity index (χ0n) is 12.8. The van der Waals surface area contributed by atoms with Crippen LogP contribution in [0.5, 0.6) is 0 Å². The molecule has 6 nitrogen and oxygen atoms in total. The minimum absolute atomic E-state index is 0.191. The van der Waals surface area contributed by atoms with E-state index in [-0.39, 0.29) is 17.8 Å². The van der Waals surface area contributed by atoms with Crippen molar-refractivity contribution in [3.8, 4) is 0 Å². The lowest BCUT2D eigenvalue weighted by Crippen LogP contribution is -2.50. The Balaban J connectivity index is 1.69. The van der Waals surface area contributed by atoms with Crippen LogP contribution in [0.2, 0.25) is 0 Å². The zero-order chi connectivity index (χ0) is 16.4. The van der Waals surface area contributed by atoms with Crippen molar-refractivity contribution in [2.45, 2.75) is 6.92 Å². The fourth-order valence-corrected chi connectivity index (χ4v) is 2.71. The predicted molar refractivity (Wildman–Crippen MR) is 82.8 cm³/mol. The fraction of sp³-hybridized carbons (Fsp3) is 0.375. The lowest BCUT2D eigenvalue weighted by Gasteiger charge is -2.33.